The number of amides is 2. The van der Waals surface area contributed by atoms with Crippen molar-refractivity contribution >= 4 is 52.5 Å². The number of thioether (sulfide) groups is 1. The van der Waals surface area contributed by atoms with Gasteiger partial charge in [-0.1, -0.05) is 60.9 Å². The molecule has 0 radical (unpaired) electrons. The standard InChI is InChI=1S/C25H29Cl2N5O2S/c1-14(2)10-21(29-24(34)18-9-8-17(26)12-19(18)27)23-30-31-25(32(23)5)35-13-22(33)28-20-11-15(3)6-7-16(20)4/h6-9,11-12,14,21H,10,13H2,1-5H3,(H,28,33)(H,29,34)/t21-/m0/s1. The van der Waals surface area contributed by atoms with Crippen molar-refractivity contribution in [2.24, 2.45) is 13.0 Å². The van der Waals surface area contributed by atoms with E-state index >= 15 is 0 Å². The molecule has 7 nitrogen and oxygen atoms in total. The van der Waals surface area contributed by atoms with Crippen LogP contribution in [0.2, 0.25) is 10.0 Å². The Morgan fingerprint density at radius 1 is 1.09 bits per heavy atom. The third-order valence-corrected chi connectivity index (χ3v) is 6.94. The van der Waals surface area contributed by atoms with Crippen LogP contribution in [0.4, 0.5) is 5.69 Å². The van der Waals surface area contributed by atoms with Gasteiger partial charge in [-0.3, -0.25) is 9.59 Å². The molecule has 2 amide bonds. The topological polar surface area (TPSA) is 88.9 Å². The maximum absolute atomic E-state index is 12.9. The number of hydrogen-bond acceptors (Lipinski definition) is 5. The van der Waals surface area contributed by atoms with Crippen LogP contribution in [0.5, 0.6) is 0 Å². The molecule has 1 heterocycles. The number of carbonyl (C=O) groups excluding carboxylic acids is 2. The van der Waals surface area contributed by atoms with Crippen molar-refractivity contribution < 1.29 is 9.59 Å². The van der Waals surface area contributed by atoms with E-state index in [0.29, 0.717) is 28.0 Å². The monoisotopic (exact) mass is 533 g/mol. The lowest BCUT2D eigenvalue weighted by Crippen LogP contribution is -2.31. The predicted molar refractivity (Wildman–Crippen MR) is 142 cm³/mol. The molecule has 0 bridgehead atoms. The Kier molecular flexibility index (Phi) is 9.21. The predicted octanol–water partition coefficient (Wildman–Crippen LogP) is 5.99. The summed E-state index contributed by atoms with van der Waals surface area (Å²) < 4.78 is 1.81. The lowest BCUT2D eigenvalue weighted by Gasteiger charge is -2.20. The first-order valence-electron chi connectivity index (χ1n) is 11.2. The van der Waals surface area contributed by atoms with Crippen LogP contribution in [0.25, 0.3) is 0 Å². The van der Waals surface area contributed by atoms with E-state index in [1.54, 1.807) is 12.1 Å². The number of aromatic nitrogens is 3. The molecule has 1 atom stereocenters. The third kappa shape index (κ3) is 7.22. The highest BCUT2D eigenvalue weighted by molar-refractivity contribution is 7.99. The van der Waals surface area contributed by atoms with E-state index in [2.05, 4.69) is 34.7 Å². The highest BCUT2D eigenvalue weighted by Crippen LogP contribution is 2.26. The molecule has 0 fully saturated rings. The maximum Gasteiger partial charge on any atom is 0.253 e. The summed E-state index contributed by atoms with van der Waals surface area (Å²) in [6.07, 6.45) is 0.653. The van der Waals surface area contributed by atoms with Crippen molar-refractivity contribution in [3.63, 3.8) is 0 Å². The van der Waals surface area contributed by atoms with E-state index in [4.69, 9.17) is 23.2 Å². The molecule has 3 rings (SSSR count). The Bertz CT molecular complexity index is 1230. The molecule has 0 unspecified atom stereocenters. The normalized spacial score (nSPS) is 12.0. The van der Waals surface area contributed by atoms with Crippen molar-refractivity contribution in [2.45, 2.75) is 45.3 Å². The molecular formula is C25H29Cl2N5O2S. The van der Waals surface area contributed by atoms with E-state index < -0.39 is 0 Å². The molecule has 1 aromatic heterocycles. The molecule has 2 aromatic carbocycles. The summed E-state index contributed by atoms with van der Waals surface area (Å²) in [7, 11) is 1.83. The Hall–Kier alpha value is -2.55. The Labute approximate surface area is 220 Å². The SMILES string of the molecule is Cc1ccc(C)c(NC(=O)CSc2nnc([C@H](CC(C)C)NC(=O)c3ccc(Cl)cc3Cl)n2C)c1. The lowest BCUT2D eigenvalue weighted by molar-refractivity contribution is -0.113. The Morgan fingerprint density at radius 2 is 1.83 bits per heavy atom. The minimum absolute atomic E-state index is 0.127. The van der Waals surface area contributed by atoms with Crippen molar-refractivity contribution in [1.29, 1.82) is 0 Å². The van der Waals surface area contributed by atoms with Crippen molar-refractivity contribution in [3.05, 3.63) is 69.0 Å². The summed E-state index contributed by atoms with van der Waals surface area (Å²) >= 11 is 13.5. The zero-order valence-electron chi connectivity index (χ0n) is 20.4. The second-order valence-corrected chi connectivity index (χ2v) is 10.6. The van der Waals surface area contributed by atoms with Gasteiger partial charge in [-0.2, -0.15) is 0 Å². The van der Waals surface area contributed by atoms with Gasteiger partial charge in [0.15, 0.2) is 11.0 Å². The zero-order valence-corrected chi connectivity index (χ0v) is 22.7. The van der Waals surface area contributed by atoms with Crippen molar-refractivity contribution in [1.82, 2.24) is 20.1 Å². The van der Waals surface area contributed by atoms with Crippen LogP contribution >= 0.6 is 35.0 Å². The van der Waals surface area contributed by atoms with Gasteiger partial charge in [-0.15, -0.1) is 10.2 Å². The number of carbonyl (C=O) groups is 2. The summed E-state index contributed by atoms with van der Waals surface area (Å²) in [5, 5.41) is 15.9. The highest BCUT2D eigenvalue weighted by atomic mass is 35.5. The van der Waals surface area contributed by atoms with E-state index in [1.165, 1.54) is 17.8 Å². The number of halogens is 2. The largest absolute Gasteiger partial charge is 0.342 e. The first-order chi connectivity index (χ1) is 16.5. The molecule has 3 aromatic rings. The molecule has 186 valence electrons. The minimum Gasteiger partial charge on any atom is -0.342 e. The molecule has 0 aliphatic rings. The molecule has 2 N–H and O–H groups in total. The first kappa shape index (κ1) is 27.0. The number of rotatable bonds is 9. The highest BCUT2D eigenvalue weighted by Gasteiger charge is 2.24. The van der Waals surface area contributed by atoms with Crippen molar-refractivity contribution in [2.75, 3.05) is 11.1 Å². The van der Waals surface area contributed by atoms with Gasteiger partial charge < -0.3 is 15.2 Å². The molecule has 0 aliphatic heterocycles. The summed E-state index contributed by atoms with van der Waals surface area (Å²) in [6.45, 7) is 8.08. The molecule has 0 saturated heterocycles. The van der Waals surface area contributed by atoms with Gasteiger partial charge in [-0.05, 0) is 61.6 Å². The average Bonchev–Trinajstić information content (AvgIpc) is 3.14. The molecular weight excluding hydrogens is 505 g/mol. The van der Waals surface area contributed by atoms with Gasteiger partial charge in [-0.25, -0.2) is 0 Å². The zero-order chi connectivity index (χ0) is 25.7. The van der Waals surface area contributed by atoms with Crippen LogP contribution in [0.3, 0.4) is 0 Å². The number of hydrogen-bond donors (Lipinski definition) is 2. The molecule has 35 heavy (non-hydrogen) atoms. The Balaban J connectivity index is 1.71. The maximum atomic E-state index is 12.9. The molecule has 0 saturated carbocycles. The summed E-state index contributed by atoms with van der Waals surface area (Å²) in [5.74, 6) is 0.632. The fraction of sp³-hybridized carbons (Fsp3) is 0.360. The van der Waals surface area contributed by atoms with Crippen LogP contribution in [0.1, 0.15) is 53.6 Å². The number of nitrogens with zero attached hydrogens (tertiary/aromatic N) is 3. The Morgan fingerprint density at radius 3 is 2.51 bits per heavy atom. The van der Waals surface area contributed by atoms with Crippen LogP contribution in [0.15, 0.2) is 41.6 Å². The summed E-state index contributed by atoms with van der Waals surface area (Å²) in [6, 6.07) is 10.3. The van der Waals surface area contributed by atoms with Gasteiger partial charge in [0.25, 0.3) is 5.91 Å². The fourth-order valence-corrected chi connectivity index (χ4v) is 4.76. The smallest absolute Gasteiger partial charge is 0.253 e. The quantitative estimate of drug-likeness (QED) is 0.330. The number of aryl methyl sites for hydroxylation is 2. The molecule has 0 spiro atoms. The van der Waals surface area contributed by atoms with E-state index in [0.717, 1.165) is 16.8 Å². The average molecular weight is 535 g/mol. The molecule has 0 aliphatic carbocycles. The lowest BCUT2D eigenvalue weighted by atomic mass is 10.0. The second kappa shape index (κ2) is 11.9. The minimum atomic E-state index is -0.384. The van der Waals surface area contributed by atoms with E-state index in [-0.39, 0.29) is 34.5 Å². The molecule has 10 heteroatoms. The van der Waals surface area contributed by atoms with Gasteiger partial charge in [0.2, 0.25) is 5.91 Å². The fourth-order valence-electron chi connectivity index (χ4n) is 3.55. The van der Waals surface area contributed by atoms with Crippen LogP contribution in [-0.4, -0.2) is 32.3 Å². The summed E-state index contributed by atoms with van der Waals surface area (Å²) in [5.41, 5.74) is 3.22. The van der Waals surface area contributed by atoms with Crippen LogP contribution < -0.4 is 10.6 Å². The van der Waals surface area contributed by atoms with E-state index in [9.17, 15) is 9.59 Å². The number of anilines is 1. The van der Waals surface area contributed by atoms with Gasteiger partial charge in [0, 0.05) is 17.8 Å². The van der Waals surface area contributed by atoms with Gasteiger partial charge in [0.1, 0.15) is 0 Å². The van der Waals surface area contributed by atoms with Gasteiger partial charge >= 0.3 is 0 Å². The van der Waals surface area contributed by atoms with Crippen LogP contribution in [0, 0.1) is 19.8 Å². The number of benzene rings is 2. The van der Waals surface area contributed by atoms with Crippen LogP contribution in [-0.2, 0) is 11.8 Å². The number of nitrogens with one attached hydrogen (secondary N) is 2. The van der Waals surface area contributed by atoms with Gasteiger partial charge in [0.05, 0.1) is 22.4 Å². The van der Waals surface area contributed by atoms with E-state index in [1.807, 2.05) is 43.7 Å². The first-order valence-corrected chi connectivity index (χ1v) is 12.9. The third-order valence-electron chi connectivity index (χ3n) is 5.37. The second-order valence-electron chi connectivity index (χ2n) is 8.83. The summed E-state index contributed by atoms with van der Waals surface area (Å²) in [4.78, 5) is 25.5. The van der Waals surface area contributed by atoms with Crippen molar-refractivity contribution in [3.8, 4) is 0 Å².